The van der Waals surface area contributed by atoms with E-state index in [4.69, 9.17) is 5.73 Å². The van der Waals surface area contributed by atoms with Crippen LogP contribution in [0, 0.1) is 0 Å². The van der Waals surface area contributed by atoms with Crippen LogP contribution >= 0.6 is 0 Å². The summed E-state index contributed by atoms with van der Waals surface area (Å²) in [4.78, 5) is 0.175. The summed E-state index contributed by atoms with van der Waals surface area (Å²) in [6, 6.07) is 8.06. The van der Waals surface area contributed by atoms with Crippen LogP contribution in [-0.4, -0.2) is 24.7 Å². The molecule has 0 fully saturated rings. The highest BCUT2D eigenvalue weighted by atomic mass is 32.2. The molecule has 0 saturated heterocycles. The maximum absolute atomic E-state index is 12.0. The smallest absolute Gasteiger partial charge is 0.240 e. The third-order valence-electron chi connectivity index (χ3n) is 2.61. The number of anilines is 1. The summed E-state index contributed by atoms with van der Waals surface area (Å²) in [5, 5.41) is 4.18. The molecule has 2 aromatic rings. The predicted molar refractivity (Wildman–Crippen MR) is 73.0 cm³/mol. The van der Waals surface area contributed by atoms with Gasteiger partial charge in [-0.2, -0.15) is 5.10 Å². The van der Waals surface area contributed by atoms with Crippen LogP contribution in [0.15, 0.2) is 41.4 Å². The molecule has 0 spiro atoms. The molecule has 1 aromatic heterocycles. The van der Waals surface area contributed by atoms with Crippen molar-refractivity contribution >= 4 is 15.7 Å². The number of nitrogens with zero attached hydrogens (tertiary/aromatic N) is 2. The van der Waals surface area contributed by atoms with Crippen LogP contribution < -0.4 is 10.5 Å². The van der Waals surface area contributed by atoms with E-state index in [-0.39, 0.29) is 4.90 Å². The fourth-order valence-corrected chi connectivity index (χ4v) is 2.76. The summed E-state index contributed by atoms with van der Waals surface area (Å²) in [6.45, 7) is 0.300. The molecular formula is C12H16N4O2S. The number of aryl methyl sites for hydroxylation is 1. The number of nitrogens with two attached hydrogens (primary N) is 1. The van der Waals surface area contributed by atoms with Gasteiger partial charge in [0.25, 0.3) is 0 Å². The molecule has 3 N–H and O–H groups in total. The van der Waals surface area contributed by atoms with Gasteiger partial charge in [-0.25, -0.2) is 13.1 Å². The van der Waals surface area contributed by atoms with Crippen molar-refractivity contribution < 1.29 is 8.42 Å². The monoisotopic (exact) mass is 280 g/mol. The van der Waals surface area contributed by atoms with Crippen LogP contribution in [0.25, 0.3) is 0 Å². The van der Waals surface area contributed by atoms with Gasteiger partial charge in [-0.1, -0.05) is 6.07 Å². The van der Waals surface area contributed by atoms with Gasteiger partial charge >= 0.3 is 0 Å². The standard InChI is InChI=1S/C12H16N4O2S/c1-16-8-6-11(15-16)5-7-14-19(17,18)12-4-2-3-10(13)9-12/h2-4,6,8-9,14H,5,7,13H2,1H3. The van der Waals surface area contributed by atoms with Crippen molar-refractivity contribution in [3.05, 3.63) is 42.2 Å². The van der Waals surface area contributed by atoms with Gasteiger partial charge in [-0.15, -0.1) is 0 Å². The minimum atomic E-state index is -3.51. The van der Waals surface area contributed by atoms with Crippen LogP contribution in [0.3, 0.4) is 0 Å². The Morgan fingerprint density at radius 3 is 2.79 bits per heavy atom. The van der Waals surface area contributed by atoms with Gasteiger partial charge in [0.15, 0.2) is 0 Å². The summed E-state index contributed by atoms with van der Waals surface area (Å²) in [5.41, 5.74) is 6.84. The van der Waals surface area contributed by atoms with E-state index >= 15 is 0 Å². The fraction of sp³-hybridized carbons (Fsp3) is 0.250. The maximum atomic E-state index is 12.0. The number of hydrogen-bond acceptors (Lipinski definition) is 4. The second kappa shape index (κ2) is 5.41. The predicted octanol–water partition coefficient (Wildman–Crippen LogP) is 0.523. The van der Waals surface area contributed by atoms with Gasteiger partial charge < -0.3 is 5.73 Å². The van der Waals surface area contributed by atoms with Crippen molar-refractivity contribution in [1.29, 1.82) is 0 Å². The lowest BCUT2D eigenvalue weighted by atomic mass is 10.3. The normalized spacial score (nSPS) is 11.6. The molecule has 0 saturated carbocycles. The highest BCUT2D eigenvalue weighted by Crippen LogP contribution is 2.12. The number of benzene rings is 1. The van der Waals surface area contributed by atoms with E-state index in [2.05, 4.69) is 9.82 Å². The molecule has 0 unspecified atom stereocenters. The minimum absolute atomic E-state index is 0.175. The molecule has 6 nitrogen and oxygen atoms in total. The highest BCUT2D eigenvalue weighted by Gasteiger charge is 2.13. The summed E-state index contributed by atoms with van der Waals surface area (Å²) in [5.74, 6) is 0. The maximum Gasteiger partial charge on any atom is 0.240 e. The first-order valence-corrected chi connectivity index (χ1v) is 7.29. The first-order valence-electron chi connectivity index (χ1n) is 5.81. The molecule has 0 amide bonds. The van der Waals surface area contributed by atoms with Gasteiger partial charge in [0.1, 0.15) is 0 Å². The Hall–Kier alpha value is -1.86. The molecule has 0 bridgehead atoms. The zero-order chi connectivity index (χ0) is 13.9. The summed E-state index contributed by atoms with van der Waals surface area (Å²) < 4.78 is 28.2. The van der Waals surface area contributed by atoms with Crippen molar-refractivity contribution in [2.24, 2.45) is 7.05 Å². The highest BCUT2D eigenvalue weighted by molar-refractivity contribution is 7.89. The average molecular weight is 280 g/mol. The molecule has 102 valence electrons. The zero-order valence-corrected chi connectivity index (χ0v) is 11.4. The van der Waals surface area contributed by atoms with Crippen LogP contribution in [0.1, 0.15) is 5.69 Å². The Bertz CT molecular complexity index is 664. The Labute approximate surface area is 112 Å². The van der Waals surface area contributed by atoms with E-state index in [1.165, 1.54) is 12.1 Å². The number of rotatable bonds is 5. The number of sulfonamides is 1. The number of aromatic nitrogens is 2. The molecule has 0 aliphatic heterocycles. The van der Waals surface area contributed by atoms with E-state index in [9.17, 15) is 8.42 Å². The Balaban J connectivity index is 1.98. The first-order chi connectivity index (χ1) is 8.97. The topological polar surface area (TPSA) is 90.0 Å². The van der Waals surface area contributed by atoms with E-state index in [1.54, 1.807) is 16.8 Å². The quantitative estimate of drug-likeness (QED) is 0.781. The SMILES string of the molecule is Cn1ccc(CCNS(=O)(=O)c2cccc(N)c2)n1. The molecular weight excluding hydrogens is 264 g/mol. The van der Waals surface area contributed by atoms with E-state index < -0.39 is 10.0 Å². The summed E-state index contributed by atoms with van der Waals surface area (Å²) in [6.07, 6.45) is 2.37. The van der Waals surface area contributed by atoms with Gasteiger partial charge in [0.2, 0.25) is 10.0 Å². The van der Waals surface area contributed by atoms with E-state index in [1.807, 2.05) is 19.3 Å². The Morgan fingerprint density at radius 2 is 2.16 bits per heavy atom. The van der Waals surface area contributed by atoms with Crippen molar-refractivity contribution in [1.82, 2.24) is 14.5 Å². The Kier molecular flexibility index (Phi) is 3.87. The van der Waals surface area contributed by atoms with Crippen molar-refractivity contribution in [3.8, 4) is 0 Å². The van der Waals surface area contributed by atoms with Crippen molar-refractivity contribution in [2.45, 2.75) is 11.3 Å². The lowest BCUT2D eigenvalue weighted by Crippen LogP contribution is -2.26. The average Bonchev–Trinajstić information content (AvgIpc) is 2.75. The molecule has 0 atom stereocenters. The fourth-order valence-electron chi connectivity index (χ4n) is 1.68. The molecule has 7 heteroatoms. The van der Waals surface area contributed by atoms with Crippen molar-refractivity contribution in [2.75, 3.05) is 12.3 Å². The molecule has 0 aliphatic carbocycles. The molecule has 2 rings (SSSR count). The third-order valence-corrected chi connectivity index (χ3v) is 4.07. The zero-order valence-electron chi connectivity index (χ0n) is 10.6. The van der Waals surface area contributed by atoms with Crippen LogP contribution in [0.2, 0.25) is 0 Å². The lowest BCUT2D eigenvalue weighted by Gasteiger charge is -2.06. The Morgan fingerprint density at radius 1 is 1.37 bits per heavy atom. The molecule has 1 heterocycles. The van der Waals surface area contributed by atoms with Crippen LogP contribution in [0.5, 0.6) is 0 Å². The lowest BCUT2D eigenvalue weighted by molar-refractivity contribution is 0.581. The summed E-state index contributed by atoms with van der Waals surface area (Å²) >= 11 is 0. The first kappa shape index (κ1) is 13.6. The minimum Gasteiger partial charge on any atom is -0.399 e. The van der Waals surface area contributed by atoms with Gasteiger partial charge in [0, 0.05) is 31.9 Å². The van der Waals surface area contributed by atoms with Gasteiger partial charge in [-0.05, 0) is 24.3 Å². The second-order valence-corrected chi connectivity index (χ2v) is 5.97. The summed E-state index contributed by atoms with van der Waals surface area (Å²) in [7, 11) is -1.69. The van der Waals surface area contributed by atoms with Crippen LogP contribution in [0.4, 0.5) is 5.69 Å². The second-order valence-electron chi connectivity index (χ2n) is 4.20. The van der Waals surface area contributed by atoms with E-state index in [0.29, 0.717) is 18.7 Å². The number of nitrogen functional groups attached to an aromatic ring is 1. The van der Waals surface area contributed by atoms with Crippen LogP contribution in [-0.2, 0) is 23.5 Å². The van der Waals surface area contributed by atoms with Gasteiger partial charge in [0.05, 0.1) is 10.6 Å². The molecule has 0 radical (unpaired) electrons. The third kappa shape index (κ3) is 3.55. The molecule has 1 aromatic carbocycles. The van der Waals surface area contributed by atoms with E-state index in [0.717, 1.165) is 5.69 Å². The number of hydrogen-bond donors (Lipinski definition) is 2. The van der Waals surface area contributed by atoms with Gasteiger partial charge in [-0.3, -0.25) is 4.68 Å². The van der Waals surface area contributed by atoms with Crippen molar-refractivity contribution in [3.63, 3.8) is 0 Å². The molecule has 0 aliphatic rings. The molecule has 19 heavy (non-hydrogen) atoms. The largest absolute Gasteiger partial charge is 0.399 e. The number of nitrogens with one attached hydrogen (secondary N) is 1.